The number of oxime groups is 1. The molecular formula is C16H25NO3S. The number of ketones is 2. The van der Waals surface area contributed by atoms with Crippen molar-refractivity contribution in [2.75, 3.05) is 18.1 Å². The van der Waals surface area contributed by atoms with E-state index >= 15 is 0 Å². The number of carbonyl (C=O) groups excluding carboxylic acids is 2. The Balaban J connectivity index is 2.20. The molecule has 1 atom stereocenters. The average Bonchev–Trinajstić information content (AvgIpc) is 2.83. The molecule has 1 spiro atoms. The molecule has 4 nitrogen and oxygen atoms in total. The number of Topliss-reactive ketones (excluding diaryl/α,β-unsaturated/α-hetero) is 2. The van der Waals surface area contributed by atoms with Crippen molar-refractivity contribution in [1.29, 1.82) is 0 Å². The molecule has 0 bridgehead atoms. The fourth-order valence-corrected chi connectivity index (χ4v) is 5.46. The molecule has 2 aliphatic rings. The number of hydrogen-bond acceptors (Lipinski definition) is 5. The number of carbonyl (C=O) groups is 2. The van der Waals surface area contributed by atoms with Gasteiger partial charge in [-0.2, -0.15) is 11.8 Å². The van der Waals surface area contributed by atoms with Crippen molar-refractivity contribution < 1.29 is 14.4 Å². The maximum Gasteiger partial charge on any atom is 0.149 e. The van der Waals surface area contributed by atoms with Gasteiger partial charge in [-0.1, -0.05) is 25.4 Å². The van der Waals surface area contributed by atoms with Gasteiger partial charge < -0.3 is 4.84 Å². The van der Waals surface area contributed by atoms with E-state index in [1.165, 1.54) is 0 Å². The van der Waals surface area contributed by atoms with Gasteiger partial charge in [-0.25, -0.2) is 0 Å². The van der Waals surface area contributed by atoms with Crippen LogP contribution < -0.4 is 0 Å². The Kier molecular flexibility index (Phi) is 5.47. The van der Waals surface area contributed by atoms with Crippen LogP contribution in [0.3, 0.4) is 0 Å². The van der Waals surface area contributed by atoms with Crippen molar-refractivity contribution in [2.24, 2.45) is 22.4 Å². The van der Waals surface area contributed by atoms with Crippen LogP contribution in [-0.2, 0) is 14.4 Å². The van der Waals surface area contributed by atoms with Crippen LogP contribution in [0.15, 0.2) is 5.16 Å². The standard InChI is InChI=1S/C16H25NO3S/c1-4-11-9-21-10-16(11)7-13(18)15(14(19)8-16)12(5-2)17-20-6-3/h11,15H,4-10H2,1-3H3. The molecule has 21 heavy (non-hydrogen) atoms. The molecule has 0 aromatic carbocycles. The van der Waals surface area contributed by atoms with Crippen LogP contribution in [0.4, 0.5) is 0 Å². The second-order valence-electron chi connectivity index (χ2n) is 6.06. The first-order valence-electron chi connectivity index (χ1n) is 7.89. The summed E-state index contributed by atoms with van der Waals surface area (Å²) >= 11 is 1.89. The topological polar surface area (TPSA) is 55.7 Å². The molecule has 1 saturated heterocycles. The Bertz CT molecular complexity index is 429. The van der Waals surface area contributed by atoms with E-state index in [0.29, 0.717) is 37.5 Å². The first-order chi connectivity index (χ1) is 10.1. The van der Waals surface area contributed by atoms with E-state index in [9.17, 15) is 9.59 Å². The molecule has 0 N–H and O–H groups in total. The van der Waals surface area contributed by atoms with Crippen molar-refractivity contribution in [3.8, 4) is 0 Å². The first kappa shape index (κ1) is 16.5. The highest BCUT2D eigenvalue weighted by Crippen LogP contribution is 2.51. The molecule has 5 heteroatoms. The van der Waals surface area contributed by atoms with Crippen LogP contribution in [0.1, 0.15) is 46.5 Å². The van der Waals surface area contributed by atoms with Crippen LogP contribution in [-0.4, -0.2) is 35.4 Å². The number of nitrogens with zero attached hydrogens (tertiary/aromatic N) is 1. The SMILES string of the molecule is CCON=C(CC)C1C(=O)CC2(CSCC2CC)CC1=O. The second kappa shape index (κ2) is 6.95. The van der Waals surface area contributed by atoms with Crippen LogP contribution in [0.2, 0.25) is 0 Å². The molecular weight excluding hydrogens is 286 g/mol. The molecule has 2 fully saturated rings. The fourth-order valence-electron chi connectivity index (χ4n) is 3.62. The molecule has 1 unspecified atom stereocenters. The van der Waals surface area contributed by atoms with Crippen molar-refractivity contribution in [3.63, 3.8) is 0 Å². The minimum Gasteiger partial charge on any atom is -0.396 e. The fraction of sp³-hybridized carbons (Fsp3) is 0.812. The second-order valence-corrected chi connectivity index (χ2v) is 7.09. The summed E-state index contributed by atoms with van der Waals surface area (Å²) in [5, 5.41) is 4.01. The van der Waals surface area contributed by atoms with Gasteiger partial charge in [0.25, 0.3) is 0 Å². The van der Waals surface area contributed by atoms with Crippen LogP contribution in [0, 0.1) is 17.3 Å². The Morgan fingerprint density at radius 2 is 1.95 bits per heavy atom. The van der Waals surface area contributed by atoms with Gasteiger partial charge in [0.1, 0.15) is 24.1 Å². The lowest BCUT2D eigenvalue weighted by Crippen LogP contribution is -2.47. The Morgan fingerprint density at radius 3 is 2.48 bits per heavy atom. The zero-order valence-corrected chi connectivity index (χ0v) is 14.0. The quantitative estimate of drug-likeness (QED) is 0.445. The lowest BCUT2D eigenvalue weighted by Gasteiger charge is -2.39. The van der Waals surface area contributed by atoms with E-state index in [0.717, 1.165) is 17.9 Å². The van der Waals surface area contributed by atoms with E-state index < -0.39 is 5.92 Å². The van der Waals surface area contributed by atoms with Crippen LogP contribution >= 0.6 is 11.8 Å². The van der Waals surface area contributed by atoms with Crippen molar-refractivity contribution >= 4 is 29.0 Å². The van der Waals surface area contributed by atoms with Crippen LogP contribution in [0.25, 0.3) is 0 Å². The van der Waals surface area contributed by atoms with E-state index in [2.05, 4.69) is 12.1 Å². The van der Waals surface area contributed by atoms with Gasteiger partial charge in [-0.15, -0.1) is 0 Å². The predicted molar refractivity (Wildman–Crippen MR) is 85.6 cm³/mol. The predicted octanol–water partition coefficient (Wildman–Crippen LogP) is 3.10. The van der Waals surface area contributed by atoms with Crippen LogP contribution in [0.5, 0.6) is 0 Å². The van der Waals surface area contributed by atoms with Gasteiger partial charge >= 0.3 is 0 Å². The smallest absolute Gasteiger partial charge is 0.149 e. The molecule has 0 radical (unpaired) electrons. The third kappa shape index (κ3) is 3.17. The summed E-state index contributed by atoms with van der Waals surface area (Å²) in [6.45, 7) is 6.38. The summed E-state index contributed by atoms with van der Waals surface area (Å²) in [5.41, 5.74) is 0.509. The van der Waals surface area contributed by atoms with E-state index in [-0.39, 0.29) is 17.0 Å². The zero-order valence-electron chi connectivity index (χ0n) is 13.2. The minimum absolute atomic E-state index is 0.0486. The highest BCUT2D eigenvalue weighted by atomic mass is 32.2. The van der Waals surface area contributed by atoms with Crippen molar-refractivity contribution in [1.82, 2.24) is 0 Å². The summed E-state index contributed by atoms with van der Waals surface area (Å²) in [7, 11) is 0. The Morgan fingerprint density at radius 1 is 1.29 bits per heavy atom. The van der Waals surface area contributed by atoms with Gasteiger partial charge in [0, 0.05) is 18.6 Å². The molecule has 0 aromatic rings. The molecule has 0 aromatic heterocycles. The maximum absolute atomic E-state index is 12.6. The molecule has 118 valence electrons. The summed E-state index contributed by atoms with van der Waals surface area (Å²) in [6.07, 6.45) is 2.69. The highest BCUT2D eigenvalue weighted by molar-refractivity contribution is 7.99. The summed E-state index contributed by atoms with van der Waals surface area (Å²) in [6, 6.07) is 0. The summed E-state index contributed by atoms with van der Waals surface area (Å²) in [5.74, 6) is 1.95. The van der Waals surface area contributed by atoms with E-state index in [4.69, 9.17) is 4.84 Å². The highest BCUT2D eigenvalue weighted by Gasteiger charge is 2.52. The maximum atomic E-state index is 12.6. The average molecular weight is 311 g/mol. The largest absolute Gasteiger partial charge is 0.396 e. The lowest BCUT2D eigenvalue weighted by molar-refractivity contribution is -0.138. The third-order valence-electron chi connectivity index (χ3n) is 4.77. The van der Waals surface area contributed by atoms with Gasteiger partial charge in [0.2, 0.25) is 0 Å². The third-order valence-corrected chi connectivity index (χ3v) is 6.19. The Labute approximate surface area is 131 Å². The number of thioether (sulfide) groups is 1. The summed E-state index contributed by atoms with van der Waals surface area (Å²) < 4.78 is 0. The first-order valence-corrected chi connectivity index (χ1v) is 9.05. The van der Waals surface area contributed by atoms with Gasteiger partial charge in [-0.3, -0.25) is 9.59 Å². The molecule has 0 amide bonds. The van der Waals surface area contributed by atoms with Gasteiger partial charge in [-0.05, 0) is 30.4 Å². The van der Waals surface area contributed by atoms with Crippen molar-refractivity contribution in [3.05, 3.63) is 0 Å². The molecule has 1 saturated carbocycles. The molecule has 2 rings (SSSR count). The normalized spacial score (nSPS) is 33.8. The van der Waals surface area contributed by atoms with Crippen molar-refractivity contribution in [2.45, 2.75) is 46.5 Å². The lowest BCUT2D eigenvalue weighted by atomic mass is 9.63. The molecule has 1 aliphatic heterocycles. The zero-order chi connectivity index (χ0) is 15.5. The Hall–Kier alpha value is -0.840. The van der Waals surface area contributed by atoms with E-state index in [1.54, 1.807) is 0 Å². The molecule has 1 heterocycles. The monoisotopic (exact) mass is 311 g/mol. The van der Waals surface area contributed by atoms with Gasteiger partial charge in [0.05, 0.1) is 5.71 Å². The number of rotatable bonds is 5. The van der Waals surface area contributed by atoms with E-state index in [1.807, 2.05) is 25.6 Å². The number of hydrogen-bond donors (Lipinski definition) is 0. The minimum atomic E-state index is -0.657. The van der Waals surface area contributed by atoms with Gasteiger partial charge in [0.15, 0.2) is 0 Å². The molecule has 1 aliphatic carbocycles. The summed E-state index contributed by atoms with van der Waals surface area (Å²) in [4.78, 5) is 30.3.